The van der Waals surface area contributed by atoms with E-state index in [2.05, 4.69) is 10.00 Å². The Kier molecular flexibility index (Phi) is 4.87. The zero-order chi connectivity index (χ0) is 14.5. The van der Waals surface area contributed by atoms with E-state index in [9.17, 15) is 9.50 Å². The van der Waals surface area contributed by atoms with E-state index >= 15 is 0 Å². The summed E-state index contributed by atoms with van der Waals surface area (Å²) in [5, 5.41) is 13.6. The largest absolute Gasteiger partial charge is 0.393 e. The smallest absolute Gasteiger partial charge is 0.123 e. The van der Waals surface area contributed by atoms with Gasteiger partial charge in [-0.25, -0.2) is 9.07 Å². The third-order valence-electron chi connectivity index (χ3n) is 3.11. The van der Waals surface area contributed by atoms with Gasteiger partial charge >= 0.3 is 0 Å². The lowest BCUT2D eigenvalue weighted by Gasteiger charge is -2.16. The molecule has 0 amide bonds. The fourth-order valence-corrected chi connectivity index (χ4v) is 1.97. The molecule has 5 heteroatoms. The van der Waals surface area contributed by atoms with Crippen LogP contribution in [0.25, 0.3) is 5.69 Å². The highest BCUT2D eigenvalue weighted by Crippen LogP contribution is 2.10. The molecule has 0 bridgehead atoms. The van der Waals surface area contributed by atoms with E-state index in [-0.39, 0.29) is 11.9 Å². The standard InChI is InChI=1S/C15H20FN3O/c1-12(20)7-8-18(2)10-13-9-17-19(11-13)15-5-3-14(16)4-6-15/h3-6,9,11-12,20H,7-8,10H2,1-2H3. The predicted octanol–water partition coefficient (Wildman–Crippen LogP) is 2.21. The number of hydrogen-bond donors (Lipinski definition) is 1. The van der Waals surface area contributed by atoms with Crippen molar-refractivity contribution in [1.82, 2.24) is 14.7 Å². The van der Waals surface area contributed by atoms with E-state index < -0.39 is 0 Å². The Morgan fingerprint density at radius 2 is 2.05 bits per heavy atom. The number of aliphatic hydroxyl groups excluding tert-OH is 1. The monoisotopic (exact) mass is 277 g/mol. The van der Waals surface area contributed by atoms with Crippen molar-refractivity contribution in [2.24, 2.45) is 0 Å². The van der Waals surface area contributed by atoms with Gasteiger partial charge in [0.05, 0.1) is 18.0 Å². The van der Waals surface area contributed by atoms with Crippen LogP contribution in [0.2, 0.25) is 0 Å². The topological polar surface area (TPSA) is 41.3 Å². The van der Waals surface area contributed by atoms with E-state index in [0.717, 1.165) is 30.8 Å². The Labute approximate surface area is 118 Å². The molecule has 1 heterocycles. The third kappa shape index (κ3) is 4.15. The van der Waals surface area contributed by atoms with E-state index in [1.807, 2.05) is 19.4 Å². The molecule has 1 aromatic heterocycles. The number of aliphatic hydroxyl groups is 1. The van der Waals surface area contributed by atoms with Gasteiger partial charge in [0.2, 0.25) is 0 Å². The first-order chi connectivity index (χ1) is 9.54. The number of aromatic nitrogens is 2. The molecule has 2 aromatic rings. The summed E-state index contributed by atoms with van der Waals surface area (Å²) < 4.78 is 14.6. The number of hydrogen-bond acceptors (Lipinski definition) is 3. The Morgan fingerprint density at radius 1 is 1.35 bits per heavy atom. The molecule has 108 valence electrons. The van der Waals surface area contributed by atoms with Gasteiger partial charge in [-0.15, -0.1) is 0 Å². The summed E-state index contributed by atoms with van der Waals surface area (Å²) in [7, 11) is 2.01. The van der Waals surface area contributed by atoms with Crippen LogP contribution in [0.4, 0.5) is 4.39 Å². The average molecular weight is 277 g/mol. The van der Waals surface area contributed by atoms with Gasteiger partial charge in [0.1, 0.15) is 5.82 Å². The van der Waals surface area contributed by atoms with Crippen LogP contribution in [0.1, 0.15) is 18.9 Å². The van der Waals surface area contributed by atoms with Gasteiger partial charge in [-0.05, 0) is 44.7 Å². The summed E-state index contributed by atoms with van der Waals surface area (Å²) >= 11 is 0. The average Bonchev–Trinajstić information content (AvgIpc) is 2.85. The highest BCUT2D eigenvalue weighted by Gasteiger charge is 2.06. The van der Waals surface area contributed by atoms with Crippen molar-refractivity contribution in [1.29, 1.82) is 0 Å². The van der Waals surface area contributed by atoms with Gasteiger partial charge in [-0.2, -0.15) is 5.10 Å². The Bertz CT molecular complexity index is 536. The quantitative estimate of drug-likeness (QED) is 0.880. The van der Waals surface area contributed by atoms with Crippen LogP contribution in [-0.2, 0) is 6.54 Å². The molecule has 0 radical (unpaired) electrons. The fourth-order valence-electron chi connectivity index (χ4n) is 1.97. The maximum Gasteiger partial charge on any atom is 0.123 e. The van der Waals surface area contributed by atoms with Crippen LogP contribution in [0.5, 0.6) is 0 Å². The zero-order valence-electron chi connectivity index (χ0n) is 11.8. The van der Waals surface area contributed by atoms with Crippen LogP contribution in [0.3, 0.4) is 0 Å². The molecule has 2 rings (SSSR count). The van der Waals surface area contributed by atoms with Crippen molar-refractivity contribution in [3.63, 3.8) is 0 Å². The molecular formula is C15H20FN3O. The Hall–Kier alpha value is -1.72. The highest BCUT2D eigenvalue weighted by atomic mass is 19.1. The minimum Gasteiger partial charge on any atom is -0.393 e. The number of rotatable bonds is 6. The summed E-state index contributed by atoms with van der Waals surface area (Å²) in [5.74, 6) is -0.251. The van der Waals surface area contributed by atoms with Crippen molar-refractivity contribution in [3.05, 3.63) is 48.0 Å². The van der Waals surface area contributed by atoms with Gasteiger partial charge in [0.25, 0.3) is 0 Å². The summed E-state index contributed by atoms with van der Waals surface area (Å²) in [6, 6.07) is 6.24. The van der Waals surface area contributed by atoms with Crippen LogP contribution in [-0.4, -0.2) is 39.5 Å². The Balaban J connectivity index is 1.96. The minimum absolute atomic E-state index is 0.251. The summed E-state index contributed by atoms with van der Waals surface area (Å²) in [4.78, 5) is 2.14. The van der Waals surface area contributed by atoms with Crippen LogP contribution in [0.15, 0.2) is 36.7 Å². The van der Waals surface area contributed by atoms with Crippen LogP contribution < -0.4 is 0 Å². The van der Waals surface area contributed by atoms with Crippen LogP contribution >= 0.6 is 0 Å². The van der Waals surface area contributed by atoms with E-state index in [4.69, 9.17) is 0 Å². The highest BCUT2D eigenvalue weighted by molar-refractivity contribution is 5.31. The molecule has 0 saturated heterocycles. The first-order valence-electron chi connectivity index (χ1n) is 6.70. The van der Waals surface area contributed by atoms with Gasteiger partial charge in [-0.1, -0.05) is 0 Å². The maximum absolute atomic E-state index is 12.9. The molecule has 1 N–H and O–H groups in total. The van der Waals surface area contributed by atoms with Gasteiger partial charge in [0, 0.05) is 24.8 Å². The maximum atomic E-state index is 12.9. The molecule has 4 nitrogen and oxygen atoms in total. The molecule has 0 aliphatic carbocycles. The molecule has 1 aromatic carbocycles. The summed E-state index contributed by atoms with van der Waals surface area (Å²) in [6.45, 7) is 3.40. The normalized spacial score (nSPS) is 12.8. The molecule has 0 aliphatic rings. The lowest BCUT2D eigenvalue weighted by Crippen LogP contribution is -2.21. The SMILES string of the molecule is CC(O)CCN(C)Cc1cnn(-c2ccc(F)cc2)c1. The molecular weight excluding hydrogens is 257 g/mol. The van der Waals surface area contributed by atoms with Crippen molar-refractivity contribution >= 4 is 0 Å². The van der Waals surface area contributed by atoms with Crippen molar-refractivity contribution in [3.8, 4) is 5.69 Å². The van der Waals surface area contributed by atoms with E-state index in [1.165, 1.54) is 12.1 Å². The first-order valence-corrected chi connectivity index (χ1v) is 6.70. The predicted molar refractivity (Wildman–Crippen MR) is 76.2 cm³/mol. The van der Waals surface area contributed by atoms with Crippen molar-refractivity contribution in [2.75, 3.05) is 13.6 Å². The third-order valence-corrected chi connectivity index (χ3v) is 3.11. The van der Waals surface area contributed by atoms with E-state index in [0.29, 0.717) is 0 Å². The second kappa shape index (κ2) is 6.63. The lowest BCUT2D eigenvalue weighted by molar-refractivity contribution is 0.163. The zero-order valence-corrected chi connectivity index (χ0v) is 11.8. The van der Waals surface area contributed by atoms with Crippen molar-refractivity contribution in [2.45, 2.75) is 26.0 Å². The number of nitrogens with zero attached hydrogens (tertiary/aromatic N) is 3. The second-order valence-corrected chi connectivity index (χ2v) is 5.15. The molecule has 1 atom stereocenters. The molecule has 0 fully saturated rings. The van der Waals surface area contributed by atoms with Crippen molar-refractivity contribution < 1.29 is 9.50 Å². The summed E-state index contributed by atoms with van der Waals surface area (Å²) in [6.07, 6.45) is 4.22. The molecule has 20 heavy (non-hydrogen) atoms. The molecule has 0 aliphatic heterocycles. The summed E-state index contributed by atoms with van der Waals surface area (Å²) in [5.41, 5.74) is 1.92. The van der Waals surface area contributed by atoms with Crippen LogP contribution in [0, 0.1) is 5.82 Å². The lowest BCUT2D eigenvalue weighted by atomic mass is 10.2. The van der Waals surface area contributed by atoms with Gasteiger partial charge < -0.3 is 10.0 Å². The first kappa shape index (κ1) is 14.7. The van der Waals surface area contributed by atoms with Gasteiger partial charge in [0.15, 0.2) is 0 Å². The van der Waals surface area contributed by atoms with E-state index in [1.54, 1.807) is 23.7 Å². The molecule has 1 unspecified atom stereocenters. The second-order valence-electron chi connectivity index (χ2n) is 5.15. The Morgan fingerprint density at radius 3 is 2.70 bits per heavy atom. The number of benzene rings is 1. The number of halogens is 1. The molecule has 0 saturated carbocycles. The fraction of sp³-hybridized carbons (Fsp3) is 0.400. The van der Waals surface area contributed by atoms with Gasteiger partial charge in [-0.3, -0.25) is 0 Å². The minimum atomic E-state index is -0.278. The molecule has 0 spiro atoms.